The second kappa shape index (κ2) is 2.30. The van der Waals surface area contributed by atoms with Crippen molar-refractivity contribution in [2.75, 3.05) is 0 Å². The minimum Gasteiger partial charge on any atom is -0.307 e. The average molecular weight is 142 g/mol. The molecule has 4 bridgehead atoms. The Hall–Kier alpha value is 0.597. The fourth-order valence-corrected chi connectivity index (χ4v) is 3.87. The summed E-state index contributed by atoms with van der Waals surface area (Å²) in [5, 5.41) is 0. The molecule has 0 aromatic heterocycles. The first-order chi connectivity index (χ1) is 4.76. The van der Waals surface area contributed by atoms with Gasteiger partial charge in [-0.15, -0.1) is 0 Å². The zero-order chi connectivity index (χ0) is 6.77. The van der Waals surface area contributed by atoms with E-state index in [4.69, 9.17) is 0 Å². The van der Waals surface area contributed by atoms with Gasteiger partial charge in [-0.05, 0) is 0 Å². The third-order valence-corrected chi connectivity index (χ3v) is 4.07. The summed E-state index contributed by atoms with van der Waals surface area (Å²) >= 11 is 0. The second-order valence-corrected chi connectivity index (χ2v) is 4.95. The molecule has 4 rings (SSSR count). The Kier molecular flexibility index (Phi) is 1.72. The van der Waals surface area contributed by atoms with Gasteiger partial charge in [0, 0.05) is 0 Å². The summed E-state index contributed by atoms with van der Waals surface area (Å²) in [7, 11) is 0. The molecule has 0 heterocycles. The Morgan fingerprint density at radius 1 is 1.18 bits per heavy atom. The van der Waals surface area contributed by atoms with Crippen LogP contribution in [0.1, 0.15) is 39.0 Å². The average Bonchev–Trinajstić information content (AvgIpc) is 2.14. The van der Waals surface area contributed by atoms with Crippen molar-refractivity contribution < 1.29 is 18.9 Å². The molecule has 0 amide bonds. The van der Waals surface area contributed by atoms with Crippen LogP contribution in [0, 0.1) is 23.2 Å². The molecule has 0 aromatic rings. The maximum absolute atomic E-state index is 2.50. The summed E-state index contributed by atoms with van der Waals surface area (Å²) in [4.78, 5) is 0. The van der Waals surface area contributed by atoms with Crippen molar-refractivity contribution in [3.8, 4) is 0 Å². The summed E-state index contributed by atoms with van der Waals surface area (Å²) < 4.78 is 0. The first-order valence-electron chi connectivity index (χ1n) is 4.61. The zero-order valence-electron chi connectivity index (χ0n) is 7.69. The van der Waals surface area contributed by atoms with E-state index in [1.165, 1.54) is 12.8 Å². The summed E-state index contributed by atoms with van der Waals surface area (Å²) in [6, 6.07) is 0. The van der Waals surface area contributed by atoms with Gasteiger partial charge < -0.3 is 5.92 Å². The van der Waals surface area contributed by atoms with Crippen molar-refractivity contribution in [1.82, 2.24) is 0 Å². The molecule has 0 nitrogen and oxygen atoms in total. The van der Waals surface area contributed by atoms with Crippen molar-refractivity contribution in [2.24, 2.45) is 17.3 Å². The molecule has 0 N–H and O–H groups in total. The smallest absolute Gasteiger partial charge is 0.307 e. The molecule has 0 saturated heterocycles. The quantitative estimate of drug-likeness (QED) is 0.324. The fraction of sp³-hybridized carbons (Fsp3) is 0.900. The molecule has 0 radical (unpaired) electrons. The molecular weight excluding hydrogens is 127 g/mol. The molecule has 0 aliphatic heterocycles. The van der Waals surface area contributed by atoms with E-state index in [-0.39, 0.29) is 18.9 Å². The SMILES string of the molecule is CC12CC3C[C-]1CC(C3)C2.[Li+]. The molecule has 4 aliphatic rings. The number of hydrogen-bond donors (Lipinski definition) is 0. The monoisotopic (exact) mass is 142 g/mol. The van der Waals surface area contributed by atoms with Crippen LogP contribution in [-0.2, 0) is 0 Å². The van der Waals surface area contributed by atoms with Crippen LogP contribution in [0.15, 0.2) is 0 Å². The summed E-state index contributed by atoms with van der Waals surface area (Å²) in [5.41, 5.74) is 0.744. The normalized spacial score (nSPS) is 53.2. The van der Waals surface area contributed by atoms with Gasteiger partial charge >= 0.3 is 18.9 Å². The topological polar surface area (TPSA) is 0 Å². The minimum atomic E-state index is 0. The van der Waals surface area contributed by atoms with Crippen LogP contribution in [0.3, 0.4) is 0 Å². The largest absolute Gasteiger partial charge is 1.00 e. The molecule has 4 fully saturated rings. The molecule has 4 aliphatic carbocycles. The van der Waals surface area contributed by atoms with Gasteiger partial charge in [0.15, 0.2) is 0 Å². The second-order valence-electron chi connectivity index (χ2n) is 4.95. The predicted molar refractivity (Wildman–Crippen MR) is 41.4 cm³/mol. The molecule has 4 saturated carbocycles. The van der Waals surface area contributed by atoms with E-state index >= 15 is 0 Å². The van der Waals surface area contributed by atoms with Crippen molar-refractivity contribution >= 4 is 0 Å². The third kappa shape index (κ3) is 0.958. The molecule has 11 heavy (non-hydrogen) atoms. The summed E-state index contributed by atoms with van der Waals surface area (Å²) in [5.74, 6) is 4.17. The molecule has 0 aromatic carbocycles. The van der Waals surface area contributed by atoms with Gasteiger partial charge in [0.25, 0.3) is 0 Å². The molecule has 56 valence electrons. The van der Waals surface area contributed by atoms with Crippen LogP contribution in [0.25, 0.3) is 0 Å². The van der Waals surface area contributed by atoms with Gasteiger partial charge in [-0.3, -0.25) is 0 Å². The standard InChI is InChI=1S/C10H15.Li/c1-10-5-7-2-8(6-10)4-9(10)3-7;/h7-8H,2-6H2,1H3;/q-1;+1. The molecule has 0 spiro atoms. The Morgan fingerprint density at radius 2 is 1.73 bits per heavy atom. The predicted octanol–water partition coefficient (Wildman–Crippen LogP) is -0.205. The van der Waals surface area contributed by atoms with Gasteiger partial charge in [0.1, 0.15) is 0 Å². The van der Waals surface area contributed by atoms with E-state index in [1.807, 2.05) is 5.92 Å². The number of rotatable bonds is 0. The Balaban J connectivity index is 0.000000480. The first-order valence-corrected chi connectivity index (χ1v) is 4.61. The van der Waals surface area contributed by atoms with Crippen molar-refractivity contribution in [3.63, 3.8) is 0 Å². The number of hydrogen-bond acceptors (Lipinski definition) is 0. The van der Waals surface area contributed by atoms with Gasteiger partial charge in [-0.25, -0.2) is 0 Å². The van der Waals surface area contributed by atoms with Crippen LogP contribution in [0.4, 0.5) is 0 Å². The first kappa shape index (κ1) is 8.21. The van der Waals surface area contributed by atoms with E-state index in [0.717, 1.165) is 17.3 Å². The maximum atomic E-state index is 2.50. The molecule has 2 unspecified atom stereocenters. The van der Waals surface area contributed by atoms with E-state index in [9.17, 15) is 0 Å². The van der Waals surface area contributed by atoms with Crippen molar-refractivity contribution in [2.45, 2.75) is 39.0 Å². The third-order valence-electron chi connectivity index (χ3n) is 4.07. The van der Waals surface area contributed by atoms with Crippen LogP contribution >= 0.6 is 0 Å². The van der Waals surface area contributed by atoms with Gasteiger partial charge in [-0.2, -0.15) is 18.3 Å². The Labute approximate surface area is 81.3 Å². The zero-order valence-corrected chi connectivity index (χ0v) is 7.69. The Bertz CT molecular complexity index is 162. The molecule has 1 heteroatoms. The van der Waals surface area contributed by atoms with E-state index in [2.05, 4.69) is 6.92 Å². The molecular formula is C10H15Li. The van der Waals surface area contributed by atoms with Gasteiger partial charge in [0.2, 0.25) is 0 Å². The maximum Gasteiger partial charge on any atom is 1.00 e. The van der Waals surface area contributed by atoms with Gasteiger partial charge in [-0.1, -0.05) is 38.0 Å². The molecule has 2 atom stereocenters. The van der Waals surface area contributed by atoms with Crippen LogP contribution < -0.4 is 18.9 Å². The van der Waals surface area contributed by atoms with Crippen LogP contribution in [-0.4, -0.2) is 0 Å². The van der Waals surface area contributed by atoms with Crippen LogP contribution in [0.2, 0.25) is 0 Å². The van der Waals surface area contributed by atoms with Gasteiger partial charge in [0.05, 0.1) is 0 Å². The summed E-state index contributed by atoms with van der Waals surface area (Å²) in [6.07, 6.45) is 7.66. The van der Waals surface area contributed by atoms with Crippen molar-refractivity contribution in [3.05, 3.63) is 5.92 Å². The van der Waals surface area contributed by atoms with E-state index < -0.39 is 0 Å². The van der Waals surface area contributed by atoms with Crippen molar-refractivity contribution in [1.29, 1.82) is 0 Å². The summed E-state index contributed by atoms with van der Waals surface area (Å²) in [6.45, 7) is 2.50. The van der Waals surface area contributed by atoms with E-state index in [1.54, 1.807) is 19.3 Å². The Morgan fingerprint density at radius 3 is 2.09 bits per heavy atom. The van der Waals surface area contributed by atoms with Crippen LogP contribution in [0.5, 0.6) is 0 Å². The van der Waals surface area contributed by atoms with E-state index in [0.29, 0.717) is 0 Å². The minimum absolute atomic E-state index is 0. The fourth-order valence-electron chi connectivity index (χ4n) is 3.87.